The first-order chi connectivity index (χ1) is 8.09. The first-order valence-electron chi connectivity index (χ1n) is 7.09. The number of likely N-dealkylation sites (tertiary alicyclic amines) is 1. The molecule has 2 aliphatic heterocycles. The quantitative estimate of drug-likeness (QED) is 0.794. The van der Waals surface area contributed by atoms with Gasteiger partial charge in [0.2, 0.25) is 5.91 Å². The number of carbonyl (C=O) groups is 1. The zero-order valence-corrected chi connectivity index (χ0v) is 11.4. The van der Waals surface area contributed by atoms with E-state index in [2.05, 4.69) is 31.0 Å². The van der Waals surface area contributed by atoms with Crippen molar-refractivity contribution in [3.05, 3.63) is 0 Å². The average Bonchev–Trinajstić information content (AvgIpc) is 2.74. The summed E-state index contributed by atoms with van der Waals surface area (Å²) >= 11 is 0. The highest BCUT2D eigenvalue weighted by atomic mass is 16.2. The second-order valence-corrected chi connectivity index (χ2v) is 6.15. The van der Waals surface area contributed by atoms with E-state index >= 15 is 0 Å². The van der Waals surface area contributed by atoms with E-state index in [4.69, 9.17) is 0 Å². The van der Waals surface area contributed by atoms with Gasteiger partial charge < -0.3 is 10.2 Å². The van der Waals surface area contributed by atoms with Crippen molar-refractivity contribution in [1.82, 2.24) is 10.2 Å². The van der Waals surface area contributed by atoms with Crippen LogP contribution in [0.4, 0.5) is 0 Å². The van der Waals surface area contributed by atoms with Crippen LogP contribution in [0, 0.1) is 23.7 Å². The SMILES string of the molecule is CC(C)C1CCN(C(=O)C2CNCC2C)CC1. The minimum atomic E-state index is 0.227. The van der Waals surface area contributed by atoms with Gasteiger partial charge in [0.15, 0.2) is 0 Å². The van der Waals surface area contributed by atoms with Crippen LogP contribution in [0.15, 0.2) is 0 Å². The Morgan fingerprint density at radius 1 is 1.24 bits per heavy atom. The fraction of sp³-hybridized carbons (Fsp3) is 0.929. The van der Waals surface area contributed by atoms with Crippen molar-refractivity contribution in [2.24, 2.45) is 23.7 Å². The number of nitrogens with zero attached hydrogens (tertiary/aromatic N) is 1. The molecule has 3 heteroatoms. The molecule has 1 amide bonds. The van der Waals surface area contributed by atoms with Crippen LogP contribution in [0.2, 0.25) is 0 Å². The predicted molar refractivity (Wildman–Crippen MR) is 69.7 cm³/mol. The van der Waals surface area contributed by atoms with Gasteiger partial charge in [0, 0.05) is 19.6 Å². The fourth-order valence-electron chi connectivity index (χ4n) is 3.16. The van der Waals surface area contributed by atoms with Crippen LogP contribution in [0.5, 0.6) is 0 Å². The lowest BCUT2D eigenvalue weighted by molar-refractivity contribution is -0.137. The Hall–Kier alpha value is -0.570. The maximum atomic E-state index is 12.4. The number of amides is 1. The van der Waals surface area contributed by atoms with E-state index in [1.165, 1.54) is 12.8 Å². The Morgan fingerprint density at radius 2 is 1.88 bits per heavy atom. The molecule has 0 aromatic rings. The zero-order chi connectivity index (χ0) is 12.4. The minimum absolute atomic E-state index is 0.227. The summed E-state index contributed by atoms with van der Waals surface area (Å²) in [6, 6.07) is 0. The molecule has 0 aromatic carbocycles. The van der Waals surface area contributed by atoms with Crippen LogP contribution in [0.1, 0.15) is 33.6 Å². The molecule has 2 heterocycles. The van der Waals surface area contributed by atoms with E-state index in [1.54, 1.807) is 0 Å². The van der Waals surface area contributed by atoms with Crippen LogP contribution in [0.25, 0.3) is 0 Å². The van der Waals surface area contributed by atoms with Gasteiger partial charge in [0.1, 0.15) is 0 Å². The van der Waals surface area contributed by atoms with Gasteiger partial charge in [-0.25, -0.2) is 0 Å². The molecular formula is C14H26N2O. The second kappa shape index (κ2) is 5.38. The van der Waals surface area contributed by atoms with Crippen molar-refractivity contribution in [2.45, 2.75) is 33.6 Å². The highest BCUT2D eigenvalue weighted by Gasteiger charge is 2.34. The summed E-state index contributed by atoms with van der Waals surface area (Å²) in [5.41, 5.74) is 0. The third kappa shape index (κ3) is 2.82. The van der Waals surface area contributed by atoms with Gasteiger partial charge >= 0.3 is 0 Å². The van der Waals surface area contributed by atoms with E-state index < -0.39 is 0 Å². The van der Waals surface area contributed by atoms with Crippen molar-refractivity contribution in [3.8, 4) is 0 Å². The van der Waals surface area contributed by atoms with E-state index in [-0.39, 0.29) is 5.92 Å². The van der Waals surface area contributed by atoms with Crippen molar-refractivity contribution in [1.29, 1.82) is 0 Å². The standard InChI is InChI=1S/C14H26N2O/c1-10(2)12-4-6-16(7-5-12)14(17)13-9-15-8-11(13)3/h10-13,15H,4-9H2,1-3H3. The second-order valence-electron chi connectivity index (χ2n) is 6.15. The monoisotopic (exact) mass is 238 g/mol. The largest absolute Gasteiger partial charge is 0.342 e. The summed E-state index contributed by atoms with van der Waals surface area (Å²) in [5, 5.41) is 3.32. The van der Waals surface area contributed by atoms with Crippen molar-refractivity contribution < 1.29 is 4.79 Å². The molecule has 98 valence electrons. The molecule has 0 saturated carbocycles. The number of hydrogen-bond donors (Lipinski definition) is 1. The Kier molecular flexibility index (Phi) is 4.08. The molecule has 2 atom stereocenters. The topological polar surface area (TPSA) is 32.3 Å². The van der Waals surface area contributed by atoms with Crippen molar-refractivity contribution in [3.63, 3.8) is 0 Å². The lowest BCUT2D eigenvalue weighted by Gasteiger charge is -2.35. The molecule has 2 rings (SSSR count). The van der Waals surface area contributed by atoms with Gasteiger partial charge in [0.25, 0.3) is 0 Å². The summed E-state index contributed by atoms with van der Waals surface area (Å²) in [6.45, 7) is 10.6. The first kappa shape index (κ1) is 12.9. The van der Waals surface area contributed by atoms with E-state index in [0.717, 1.165) is 38.0 Å². The van der Waals surface area contributed by atoms with Crippen LogP contribution < -0.4 is 5.32 Å². The number of hydrogen-bond acceptors (Lipinski definition) is 2. The maximum absolute atomic E-state index is 12.4. The van der Waals surface area contributed by atoms with E-state index in [9.17, 15) is 4.79 Å². The van der Waals surface area contributed by atoms with Crippen molar-refractivity contribution >= 4 is 5.91 Å². The Morgan fingerprint density at radius 3 is 2.35 bits per heavy atom. The van der Waals surface area contributed by atoms with Crippen molar-refractivity contribution in [2.75, 3.05) is 26.2 Å². The Bertz CT molecular complexity index is 269. The molecule has 2 saturated heterocycles. The molecule has 0 aliphatic carbocycles. The number of carbonyl (C=O) groups excluding carboxylic acids is 1. The average molecular weight is 238 g/mol. The van der Waals surface area contributed by atoms with Gasteiger partial charge in [-0.2, -0.15) is 0 Å². The highest BCUT2D eigenvalue weighted by Crippen LogP contribution is 2.27. The summed E-state index contributed by atoms with van der Waals surface area (Å²) < 4.78 is 0. The smallest absolute Gasteiger partial charge is 0.227 e. The van der Waals surface area contributed by atoms with Gasteiger partial charge in [-0.15, -0.1) is 0 Å². The Balaban J connectivity index is 1.86. The molecule has 2 fully saturated rings. The molecular weight excluding hydrogens is 212 g/mol. The Labute approximate surface area is 105 Å². The third-order valence-electron chi connectivity index (χ3n) is 4.63. The highest BCUT2D eigenvalue weighted by molar-refractivity contribution is 5.79. The number of piperidine rings is 1. The maximum Gasteiger partial charge on any atom is 0.227 e. The van der Waals surface area contributed by atoms with Gasteiger partial charge in [-0.3, -0.25) is 4.79 Å². The molecule has 2 unspecified atom stereocenters. The molecule has 2 aliphatic rings. The van der Waals surface area contributed by atoms with Crippen LogP contribution in [0.3, 0.4) is 0 Å². The zero-order valence-electron chi connectivity index (χ0n) is 11.4. The summed E-state index contributed by atoms with van der Waals surface area (Å²) in [6.07, 6.45) is 2.38. The van der Waals surface area contributed by atoms with Crippen LogP contribution >= 0.6 is 0 Å². The lowest BCUT2D eigenvalue weighted by Crippen LogP contribution is -2.44. The van der Waals surface area contributed by atoms with Crippen LogP contribution in [-0.2, 0) is 4.79 Å². The summed E-state index contributed by atoms with van der Waals surface area (Å²) in [5.74, 6) is 2.71. The molecule has 3 nitrogen and oxygen atoms in total. The van der Waals surface area contributed by atoms with Crippen LogP contribution in [-0.4, -0.2) is 37.0 Å². The van der Waals surface area contributed by atoms with Gasteiger partial charge in [-0.05, 0) is 37.1 Å². The number of nitrogens with one attached hydrogen (secondary N) is 1. The summed E-state index contributed by atoms with van der Waals surface area (Å²) in [4.78, 5) is 14.5. The minimum Gasteiger partial charge on any atom is -0.342 e. The molecule has 0 radical (unpaired) electrons. The fourth-order valence-corrected chi connectivity index (χ4v) is 3.16. The molecule has 0 spiro atoms. The first-order valence-corrected chi connectivity index (χ1v) is 7.09. The van der Waals surface area contributed by atoms with E-state index in [0.29, 0.717) is 11.8 Å². The van der Waals surface area contributed by atoms with E-state index in [1.807, 2.05) is 0 Å². The third-order valence-corrected chi connectivity index (χ3v) is 4.63. The lowest BCUT2D eigenvalue weighted by atomic mass is 9.86. The molecule has 0 bridgehead atoms. The predicted octanol–water partition coefficient (Wildman–Crippen LogP) is 1.74. The normalized spacial score (nSPS) is 31.2. The molecule has 0 aromatic heterocycles. The van der Waals surface area contributed by atoms with Gasteiger partial charge in [-0.1, -0.05) is 20.8 Å². The molecule has 17 heavy (non-hydrogen) atoms. The summed E-state index contributed by atoms with van der Waals surface area (Å²) in [7, 11) is 0. The molecule has 1 N–H and O–H groups in total. The number of rotatable bonds is 2. The van der Waals surface area contributed by atoms with Gasteiger partial charge in [0.05, 0.1) is 5.92 Å².